The van der Waals surface area contributed by atoms with Crippen LogP contribution < -0.4 is 0 Å². The molecular formula is C20H26O3. The van der Waals surface area contributed by atoms with Crippen LogP contribution in [-0.2, 0) is 17.6 Å². The number of hydrogen-bond acceptors (Lipinski definition) is 3. The van der Waals surface area contributed by atoms with Gasteiger partial charge in [-0.05, 0) is 63.3 Å². The van der Waals surface area contributed by atoms with Gasteiger partial charge in [-0.25, -0.2) is 0 Å². The predicted octanol–water partition coefficient (Wildman–Crippen LogP) is 3.93. The third kappa shape index (κ3) is 2.72. The van der Waals surface area contributed by atoms with Crippen LogP contribution >= 0.6 is 0 Å². The molecule has 2 aliphatic carbocycles. The molecule has 3 atom stereocenters. The van der Waals surface area contributed by atoms with E-state index in [4.69, 9.17) is 4.42 Å². The number of carbonyl (C=O) groups is 1. The topological polar surface area (TPSA) is 50.4 Å². The molecule has 0 radical (unpaired) electrons. The van der Waals surface area contributed by atoms with E-state index < -0.39 is 11.0 Å². The van der Waals surface area contributed by atoms with Crippen LogP contribution in [0.3, 0.4) is 0 Å². The Morgan fingerprint density at radius 3 is 2.78 bits per heavy atom. The zero-order chi connectivity index (χ0) is 16.8. The highest BCUT2D eigenvalue weighted by Gasteiger charge is 2.50. The summed E-state index contributed by atoms with van der Waals surface area (Å²) in [6, 6.07) is 0. The first-order valence-corrected chi connectivity index (χ1v) is 8.41. The van der Waals surface area contributed by atoms with Crippen LogP contribution in [0.25, 0.3) is 0 Å². The van der Waals surface area contributed by atoms with Gasteiger partial charge < -0.3 is 9.52 Å². The van der Waals surface area contributed by atoms with Gasteiger partial charge in [-0.2, -0.15) is 0 Å². The molecule has 0 bridgehead atoms. The molecule has 0 aromatic carbocycles. The molecule has 3 rings (SSSR count). The summed E-state index contributed by atoms with van der Waals surface area (Å²) in [4.78, 5) is 12.7. The van der Waals surface area contributed by atoms with Crippen molar-refractivity contribution in [1.29, 1.82) is 0 Å². The maximum Gasteiger partial charge on any atom is 0.161 e. The Morgan fingerprint density at radius 1 is 1.30 bits per heavy atom. The highest BCUT2D eigenvalue weighted by Crippen LogP contribution is 2.47. The third-order valence-electron chi connectivity index (χ3n) is 5.80. The van der Waals surface area contributed by atoms with Crippen molar-refractivity contribution in [2.45, 2.75) is 59.0 Å². The minimum atomic E-state index is -0.985. The number of allylic oxidation sites excluding steroid dienone is 3. The van der Waals surface area contributed by atoms with Crippen LogP contribution in [0.5, 0.6) is 0 Å². The smallest absolute Gasteiger partial charge is 0.161 e. The summed E-state index contributed by atoms with van der Waals surface area (Å²) in [6.45, 7) is 7.99. The molecular weight excluding hydrogens is 288 g/mol. The van der Waals surface area contributed by atoms with Gasteiger partial charge >= 0.3 is 0 Å². The summed E-state index contributed by atoms with van der Waals surface area (Å²) in [5.74, 6) is 0.955. The molecule has 1 N–H and O–H groups in total. The Bertz CT molecular complexity index is 690. The second-order valence-electron chi connectivity index (χ2n) is 7.68. The Morgan fingerprint density at radius 2 is 2.04 bits per heavy atom. The summed E-state index contributed by atoms with van der Waals surface area (Å²) in [6.07, 6.45) is 10.3. The van der Waals surface area contributed by atoms with Crippen LogP contribution in [-0.4, -0.2) is 16.5 Å². The zero-order valence-corrected chi connectivity index (χ0v) is 14.5. The molecule has 2 aliphatic rings. The summed E-state index contributed by atoms with van der Waals surface area (Å²) in [7, 11) is 0. The van der Waals surface area contributed by atoms with Crippen LogP contribution in [0.1, 0.15) is 50.5 Å². The van der Waals surface area contributed by atoms with Crippen molar-refractivity contribution in [2.24, 2.45) is 11.3 Å². The Kier molecular flexibility index (Phi) is 3.88. The first kappa shape index (κ1) is 16.3. The van der Waals surface area contributed by atoms with Crippen molar-refractivity contribution in [2.75, 3.05) is 0 Å². The van der Waals surface area contributed by atoms with Gasteiger partial charge in [0.1, 0.15) is 5.76 Å². The van der Waals surface area contributed by atoms with Crippen LogP contribution in [0.2, 0.25) is 0 Å². The van der Waals surface area contributed by atoms with Crippen molar-refractivity contribution >= 4 is 5.78 Å². The third-order valence-corrected chi connectivity index (χ3v) is 5.80. The second kappa shape index (κ2) is 5.48. The number of ketones is 1. The second-order valence-corrected chi connectivity index (χ2v) is 7.68. The lowest BCUT2D eigenvalue weighted by Gasteiger charge is -2.46. The molecule has 0 amide bonds. The van der Waals surface area contributed by atoms with Gasteiger partial charge in [-0.1, -0.05) is 18.6 Å². The minimum absolute atomic E-state index is 0.128. The minimum Gasteiger partial charge on any atom is -0.468 e. The van der Waals surface area contributed by atoms with Gasteiger partial charge in [0.2, 0.25) is 0 Å². The maximum atomic E-state index is 12.7. The first-order valence-electron chi connectivity index (χ1n) is 8.41. The number of furan rings is 1. The number of rotatable bonds is 0. The van der Waals surface area contributed by atoms with Gasteiger partial charge in [-0.3, -0.25) is 4.79 Å². The Hall–Kier alpha value is -1.61. The lowest BCUT2D eigenvalue weighted by Crippen LogP contribution is -2.51. The van der Waals surface area contributed by atoms with Crippen molar-refractivity contribution in [3.63, 3.8) is 0 Å². The number of carbonyl (C=O) groups excluding carboxylic acids is 1. The number of aryl methyl sites for hydroxylation is 1. The van der Waals surface area contributed by atoms with E-state index in [1.165, 1.54) is 5.57 Å². The van der Waals surface area contributed by atoms with E-state index in [-0.39, 0.29) is 11.7 Å². The molecule has 124 valence electrons. The standard InChI is InChI=1S/C20H26O3/c1-13-6-5-8-19(3)17(20(4,22)9-7-18(19)21)11-15-14(2)12-23-16(15)10-13/h6-7,9,12,17,22H,5,8,10-11H2,1-4H3/b13-6+. The normalized spacial score (nSPS) is 36.8. The van der Waals surface area contributed by atoms with Gasteiger partial charge in [0, 0.05) is 17.8 Å². The molecule has 23 heavy (non-hydrogen) atoms. The first-order chi connectivity index (χ1) is 10.7. The van der Waals surface area contributed by atoms with E-state index in [9.17, 15) is 9.90 Å². The fourth-order valence-electron chi connectivity index (χ4n) is 4.19. The van der Waals surface area contributed by atoms with Crippen molar-refractivity contribution in [3.05, 3.63) is 47.0 Å². The Balaban J connectivity index is 2.13. The Labute approximate surface area is 138 Å². The van der Waals surface area contributed by atoms with Gasteiger partial charge in [0.15, 0.2) is 5.78 Å². The summed E-state index contributed by atoms with van der Waals surface area (Å²) in [5.41, 5.74) is 2.00. The van der Waals surface area contributed by atoms with E-state index in [1.54, 1.807) is 18.4 Å². The molecule has 0 saturated carbocycles. The van der Waals surface area contributed by atoms with Gasteiger partial charge in [0.25, 0.3) is 0 Å². The molecule has 0 aliphatic heterocycles. The lowest BCUT2D eigenvalue weighted by atomic mass is 9.59. The van der Waals surface area contributed by atoms with Gasteiger partial charge in [0.05, 0.1) is 11.9 Å². The van der Waals surface area contributed by atoms with E-state index in [0.717, 1.165) is 36.1 Å². The van der Waals surface area contributed by atoms with E-state index >= 15 is 0 Å². The quantitative estimate of drug-likeness (QED) is 0.738. The summed E-state index contributed by atoms with van der Waals surface area (Å²) in [5, 5.41) is 11.0. The van der Waals surface area contributed by atoms with Gasteiger partial charge in [-0.15, -0.1) is 0 Å². The van der Waals surface area contributed by atoms with Crippen molar-refractivity contribution in [3.8, 4) is 0 Å². The monoisotopic (exact) mass is 314 g/mol. The molecule has 3 heteroatoms. The fourth-order valence-corrected chi connectivity index (χ4v) is 4.19. The zero-order valence-electron chi connectivity index (χ0n) is 14.5. The molecule has 3 nitrogen and oxygen atoms in total. The predicted molar refractivity (Wildman–Crippen MR) is 90.2 cm³/mol. The molecule has 1 aromatic heterocycles. The highest BCUT2D eigenvalue weighted by molar-refractivity contribution is 5.96. The fraction of sp³-hybridized carbons (Fsp3) is 0.550. The van der Waals surface area contributed by atoms with E-state index in [1.807, 2.05) is 20.8 Å². The molecule has 1 heterocycles. The number of fused-ring (bicyclic) bond motifs is 2. The van der Waals surface area contributed by atoms with Crippen LogP contribution in [0.4, 0.5) is 0 Å². The average molecular weight is 314 g/mol. The van der Waals surface area contributed by atoms with Crippen molar-refractivity contribution in [1.82, 2.24) is 0 Å². The van der Waals surface area contributed by atoms with Crippen LogP contribution in [0, 0.1) is 18.3 Å². The largest absolute Gasteiger partial charge is 0.468 e. The molecule has 0 spiro atoms. The molecule has 0 saturated heterocycles. The molecule has 0 fully saturated rings. The molecule has 1 aromatic rings. The van der Waals surface area contributed by atoms with E-state index in [2.05, 4.69) is 13.0 Å². The SMILES string of the molecule is C/C1=C\CCC2(C)C(=O)C=CC(C)(O)C2Cc2c(C)coc2C1. The number of hydrogen-bond donors (Lipinski definition) is 1. The van der Waals surface area contributed by atoms with E-state index in [0.29, 0.717) is 6.42 Å². The average Bonchev–Trinajstić information content (AvgIpc) is 2.80. The molecule has 3 unspecified atom stereocenters. The summed E-state index contributed by atoms with van der Waals surface area (Å²) >= 11 is 0. The lowest BCUT2D eigenvalue weighted by molar-refractivity contribution is -0.134. The number of aliphatic hydroxyl groups is 1. The highest BCUT2D eigenvalue weighted by atomic mass is 16.3. The summed E-state index contributed by atoms with van der Waals surface area (Å²) < 4.78 is 5.77. The maximum absolute atomic E-state index is 12.7. The van der Waals surface area contributed by atoms with Crippen LogP contribution in [0.15, 0.2) is 34.5 Å². The van der Waals surface area contributed by atoms with Crippen molar-refractivity contribution < 1.29 is 14.3 Å².